The number of aromatic nitrogens is 1. The van der Waals surface area contributed by atoms with Crippen LogP contribution in [-0.4, -0.2) is 52.9 Å². The van der Waals surface area contributed by atoms with Gasteiger partial charge in [0.1, 0.15) is 0 Å². The number of nitrogens with zero attached hydrogens (tertiary/aromatic N) is 3. The maximum absolute atomic E-state index is 12.7. The van der Waals surface area contributed by atoms with Crippen LogP contribution in [0.2, 0.25) is 5.02 Å². The average molecular weight is 308 g/mol. The van der Waals surface area contributed by atoms with Crippen molar-refractivity contribution in [2.75, 3.05) is 26.2 Å². The summed E-state index contributed by atoms with van der Waals surface area (Å²) >= 11 is 6.21. The van der Waals surface area contributed by atoms with Gasteiger partial charge in [0.15, 0.2) is 0 Å². The first-order valence-electron chi connectivity index (χ1n) is 7.80. The Morgan fingerprint density at radius 2 is 2.05 bits per heavy atom. The quantitative estimate of drug-likeness (QED) is 0.843. The Bertz CT molecular complexity index is 528. The number of pyridine rings is 1. The van der Waals surface area contributed by atoms with Crippen LogP contribution in [0.4, 0.5) is 0 Å². The number of carbonyl (C=O) groups excluding carboxylic acids is 1. The molecule has 0 spiro atoms. The molecule has 2 fully saturated rings. The highest BCUT2D eigenvalue weighted by Gasteiger charge is 2.30. The molecule has 114 valence electrons. The molecule has 0 radical (unpaired) electrons. The predicted molar refractivity (Wildman–Crippen MR) is 83.7 cm³/mol. The third-order valence-corrected chi connectivity index (χ3v) is 4.87. The fraction of sp³-hybridized carbons (Fsp3) is 0.625. The Morgan fingerprint density at radius 1 is 1.29 bits per heavy atom. The molecule has 0 aromatic carbocycles. The van der Waals surface area contributed by atoms with Crippen LogP contribution >= 0.6 is 11.6 Å². The topological polar surface area (TPSA) is 36.4 Å². The molecule has 21 heavy (non-hydrogen) atoms. The lowest BCUT2D eigenvalue weighted by Crippen LogP contribution is -2.49. The molecule has 0 saturated carbocycles. The van der Waals surface area contributed by atoms with Crippen molar-refractivity contribution in [1.29, 1.82) is 0 Å². The van der Waals surface area contributed by atoms with Crippen molar-refractivity contribution in [1.82, 2.24) is 14.8 Å². The highest BCUT2D eigenvalue weighted by Crippen LogP contribution is 2.23. The second-order valence-corrected chi connectivity index (χ2v) is 6.50. The van der Waals surface area contributed by atoms with Crippen LogP contribution in [-0.2, 0) is 0 Å². The van der Waals surface area contributed by atoms with Crippen LogP contribution < -0.4 is 0 Å². The number of rotatable bonds is 2. The van der Waals surface area contributed by atoms with Crippen molar-refractivity contribution >= 4 is 17.5 Å². The van der Waals surface area contributed by atoms with Gasteiger partial charge in [-0.15, -0.1) is 0 Å². The molecule has 5 heteroatoms. The summed E-state index contributed by atoms with van der Waals surface area (Å²) in [5.74, 6) is 0.0244. The summed E-state index contributed by atoms with van der Waals surface area (Å²) in [6, 6.07) is 2.28. The van der Waals surface area contributed by atoms with E-state index in [0.717, 1.165) is 25.2 Å². The normalized spacial score (nSPS) is 23.5. The summed E-state index contributed by atoms with van der Waals surface area (Å²) < 4.78 is 0. The number of amides is 1. The summed E-state index contributed by atoms with van der Waals surface area (Å²) in [6.45, 7) is 5.89. The number of piperidine rings is 1. The fourth-order valence-electron chi connectivity index (χ4n) is 3.40. The Balaban J connectivity index is 1.71. The van der Waals surface area contributed by atoms with Crippen molar-refractivity contribution in [2.24, 2.45) is 0 Å². The molecule has 2 aliphatic heterocycles. The second-order valence-electron chi connectivity index (χ2n) is 6.10. The first-order valence-corrected chi connectivity index (χ1v) is 8.18. The van der Waals surface area contributed by atoms with Crippen LogP contribution in [0.5, 0.6) is 0 Å². The molecule has 0 N–H and O–H groups in total. The molecule has 1 aromatic heterocycles. The van der Waals surface area contributed by atoms with Gasteiger partial charge in [0.2, 0.25) is 0 Å². The SMILES string of the molecule is Cc1cc(Cl)c(C(=O)N2CCCC(N3CCCC3)C2)cn1. The Hall–Kier alpha value is -1.13. The van der Waals surface area contributed by atoms with E-state index < -0.39 is 0 Å². The van der Waals surface area contributed by atoms with E-state index in [4.69, 9.17) is 11.6 Å². The van der Waals surface area contributed by atoms with Gasteiger partial charge in [0.05, 0.1) is 10.6 Å². The average Bonchev–Trinajstić information content (AvgIpc) is 3.01. The van der Waals surface area contributed by atoms with Crippen molar-refractivity contribution in [3.05, 3.63) is 28.5 Å². The van der Waals surface area contributed by atoms with Gasteiger partial charge < -0.3 is 4.90 Å². The minimum Gasteiger partial charge on any atom is -0.337 e. The van der Waals surface area contributed by atoms with E-state index in [0.29, 0.717) is 16.6 Å². The number of carbonyl (C=O) groups is 1. The van der Waals surface area contributed by atoms with Gasteiger partial charge in [-0.3, -0.25) is 14.7 Å². The van der Waals surface area contributed by atoms with Crippen molar-refractivity contribution < 1.29 is 4.79 Å². The Labute approximate surface area is 131 Å². The minimum atomic E-state index is 0.0244. The molecule has 1 unspecified atom stereocenters. The van der Waals surface area contributed by atoms with Crippen molar-refractivity contribution in [2.45, 2.75) is 38.6 Å². The maximum Gasteiger partial charge on any atom is 0.256 e. The highest BCUT2D eigenvalue weighted by atomic mass is 35.5. The fourth-order valence-corrected chi connectivity index (χ4v) is 3.69. The van der Waals surface area contributed by atoms with Crippen LogP contribution in [0, 0.1) is 6.92 Å². The van der Waals surface area contributed by atoms with Gasteiger partial charge in [-0.25, -0.2) is 0 Å². The minimum absolute atomic E-state index is 0.0244. The van der Waals surface area contributed by atoms with Crippen LogP contribution in [0.15, 0.2) is 12.3 Å². The summed E-state index contributed by atoms with van der Waals surface area (Å²) in [5.41, 5.74) is 1.37. The lowest BCUT2D eigenvalue weighted by Gasteiger charge is -2.37. The molecule has 2 aliphatic rings. The monoisotopic (exact) mass is 307 g/mol. The van der Waals surface area contributed by atoms with Gasteiger partial charge in [0, 0.05) is 31.0 Å². The Morgan fingerprint density at radius 3 is 2.76 bits per heavy atom. The van der Waals surface area contributed by atoms with E-state index in [1.54, 1.807) is 12.3 Å². The summed E-state index contributed by atoms with van der Waals surface area (Å²) in [4.78, 5) is 21.4. The predicted octanol–water partition coefficient (Wildman–Crippen LogP) is 2.74. The van der Waals surface area contributed by atoms with Gasteiger partial charge in [-0.1, -0.05) is 11.6 Å². The number of likely N-dealkylation sites (tertiary alicyclic amines) is 2. The standard InChI is InChI=1S/C16H22ClN3O/c1-12-9-15(17)14(10-18-12)16(21)20-8-4-5-13(11-20)19-6-2-3-7-19/h9-10,13H,2-8,11H2,1H3. The molecule has 1 amide bonds. The third-order valence-electron chi connectivity index (χ3n) is 4.56. The summed E-state index contributed by atoms with van der Waals surface area (Å²) in [6.07, 6.45) is 6.46. The third kappa shape index (κ3) is 3.22. The van der Waals surface area contributed by atoms with Gasteiger partial charge in [-0.05, 0) is 51.8 Å². The first-order chi connectivity index (χ1) is 10.1. The van der Waals surface area contributed by atoms with Gasteiger partial charge in [-0.2, -0.15) is 0 Å². The maximum atomic E-state index is 12.7. The van der Waals surface area contributed by atoms with Crippen LogP contribution in [0.1, 0.15) is 41.7 Å². The zero-order valence-corrected chi connectivity index (χ0v) is 13.3. The smallest absolute Gasteiger partial charge is 0.256 e. The molecule has 3 rings (SSSR count). The zero-order valence-electron chi connectivity index (χ0n) is 12.5. The molecular weight excluding hydrogens is 286 g/mol. The summed E-state index contributed by atoms with van der Waals surface area (Å²) in [5, 5.41) is 0.510. The molecule has 1 atom stereocenters. The van der Waals surface area contributed by atoms with E-state index in [-0.39, 0.29) is 5.91 Å². The highest BCUT2D eigenvalue weighted by molar-refractivity contribution is 6.33. The lowest BCUT2D eigenvalue weighted by atomic mass is 10.0. The Kier molecular flexibility index (Phi) is 4.45. The van der Waals surface area contributed by atoms with E-state index in [1.165, 1.54) is 32.4 Å². The second kappa shape index (κ2) is 6.32. The van der Waals surface area contributed by atoms with Crippen LogP contribution in [0.25, 0.3) is 0 Å². The van der Waals surface area contributed by atoms with Gasteiger partial charge in [0.25, 0.3) is 5.91 Å². The molecular formula is C16H22ClN3O. The number of hydrogen-bond donors (Lipinski definition) is 0. The number of halogens is 1. The first kappa shape index (κ1) is 14.8. The van der Waals surface area contributed by atoms with Crippen molar-refractivity contribution in [3.8, 4) is 0 Å². The molecule has 1 aromatic rings. The lowest BCUT2D eigenvalue weighted by molar-refractivity contribution is 0.0607. The molecule has 0 aliphatic carbocycles. The molecule has 0 bridgehead atoms. The largest absolute Gasteiger partial charge is 0.337 e. The molecule has 2 saturated heterocycles. The van der Waals surface area contributed by atoms with Crippen LogP contribution in [0.3, 0.4) is 0 Å². The van der Waals surface area contributed by atoms with E-state index in [1.807, 2.05) is 11.8 Å². The molecule has 3 heterocycles. The molecule has 4 nitrogen and oxygen atoms in total. The van der Waals surface area contributed by atoms with E-state index >= 15 is 0 Å². The number of hydrogen-bond acceptors (Lipinski definition) is 3. The zero-order chi connectivity index (χ0) is 14.8. The van der Waals surface area contributed by atoms with E-state index in [2.05, 4.69) is 9.88 Å². The van der Waals surface area contributed by atoms with E-state index in [9.17, 15) is 4.79 Å². The van der Waals surface area contributed by atoms with Gasteiger partial charge >= 0.3 is 0 Å². The summed E-state index contributed by atoms with van der Waals surface area (Å²) in [7, 11) is 0. The van der Waals surface area contributed by atoms with Crippen molar-refractivity contribution in [3.63, 3.8) is 0 Å². The number of aryl methyl sites for hydroxylation is 1.